The zero-order valence-corrected chi connectivity index (χ0v) is 21.8. The van der Waals surface area contributed by atoms with Gasteiger partial charge in [-0.1, -0.05) is 0 Å². The molecule has 1 aromatic rings. The second-order valence-electron chi connectivity index (χ2n) is 8.65. The lowest BCUT2D eigenvalue weighted by Gasteiger charge is -2.41. The van der Waals surface area contributed by atoms with E-state index in [9.17, 15) is 17.6 Å². The number of sulfonamides is 1. The van der Waals surface area contributed by atoms with Crippen LogP contribution in [-0.4, -0.2) is 80.7 Å². The standard InChI is InChI=1S/C21H33FN4O4S.2ClH/c1-4-31(28,29)26(15-20(27)24-9-12-25-10-7-23-8-11-25)18-14-21(2,3)30-19-6-5-16(22)13-17(18)19;;/h5-6,13,18,23H,4,7-12,14-15H2,1-3H3,(H,24,27);2*1H. The molecule has 3 rings (SSSR count). The minimum atomic E-state index is -3.73. The third kappa shape index (κ3) is 7.93. The summed E-state index contributed by atoms with van der Waals surface area (Å²) in [6.07, 6.45) is 0.316. The van der Waals surface area contributed by atoms with Crippen LogP contribution in [-0.2, 0) is 14.8 Å². The number of fused-ring (bicyclic) bond motifs is 1. The van der Waals surface area contributed by atoms with E-state index in [1.807, 2.05) is 13.8 Å². The molecule has 1 saturated heterocycles. The maximum absolute atomic E-state index is 14.0. The number of rotatable bonds is 8. The summed E-state index contributed by atoms with van der Waals surface area (Å²) in [4.78, 5) is 14.9. The van der Waals surface area contributed by atoms with Gasteiger partial charge in [0.05, 0.1) is 18.3 Å². The van der Waals surface area contributed by atoms with Gasteiger partial charge in [-0.15, -0.1) is 24.8 Å². The van der Waals surface area contributed by atoms with Gasteiger partial charge in [0.15, 0.2) is 0 Å². The third-order valence-electron chi connectivity index (χ3n) is 5.73. The topological polar surface area (TPSA) is 91.0 Å². The van der Waals surface area contributed by atoms with Gasteiger partial charge in [-0.2, -0.15) is 4.31 Å². The Hall–Kier alpha value is -1.17. The average molecular weight is 530 g/mol. The summed E-state index contributed by atoms with van der Waals surface area (Å²) in [5.41, 5.74) is -0.208. The summed E-state index contributed by atoms with van der Waals surface area (Å²) >= 11 is 0. The minimum Gasteiger partial charge on any atom is -0.487 e. The maximum atomic E-state index is 14.0. The van der Waals surface area contributed by atoms with Crippen molar-refractivity contribution in [3.8, 4) is 5.75 Å². The van der Waals surface area contributed by atoms with Gasteiger partial charge in [0.2, 0.25) is 15.9 Å². The van der Waals surface area contributed by atoms with E-state index in [1.54, 1.807) is 6.92 Å². The first-order chi connectivity index (χ1) is 14.6. The lowest BCUT2D eigenvalue weighted by molar-refractivity contribution is -0.122. The lowest BCUT2D eigenvalue weighted by atomic mass is 9.89. The van der Waals surface area contributed by atoms with Crippen molar-refractivity contribution in [3.05, 3.63) is 29.6 Å². The van der Waals surface area contributed by atoms with Crippen molar-refractivity contribution in [3.63, 3.8) is 0 Å². The molecule has 2 heterocycles. The van der Waals surface area contributed by atoms with Gasteiger partial charge in [-0.3, -0.25) is 9.69 Å². The molecule has 0 aromatic heterocycles. The average Bonchev–Trinajstić information content (AvgIpc) is 2.72. The Kier molecular flexibility index (Phi) is 11.3. The van der Waals surface area contributed by atoms with Crippen LogP contribution in [0.1, 0.15) is 38.8 Å². The van der Waals surface area contributed by atoms with Gasteiger partial charge in [-0.05, 0) is 39.0 Å². The fraction of sp³-hybridized carbons (Fsp3) is 0.667. The number of hydrogen-bond acceptors (Lipinski definition) is 6. The van der Waals surface area contributed by atoms with Gasteiger partial charge in [0, 0.05) is 51.3 Å². The highest BCUT2D eigenvalue weighted by atomic mass is 35.5. The van der Waals surface area contributed by atoms with Gasteiger partial charge < -0.3 is 15.4 Å². The first-order valence-corrected chi connectivity index (χ1v) is 12.4. The fourth-order valence-electron chi connectivity index (χ4n) is 4.10. The Morgan fingerprint density at radius 3 is 2.61 bits per heavy atom. The van der Waals surface area contributed by atoms with E-state index in [2.05, 4.69) is 15.5 Å². The zero-order valence-electron chi connectivity index (χ0n) is 19.3. The van der Waals surface area contributed by atoms with Crippen molar-refractivity contribution < 1.29 is 22.3 Å². The number of halogens is 3. The molecule has 33 heavy (non-hydrogen) atoms. The van der Waals surface area contributed by atoms with Crippen LogP contribution in [0.15, 0.2) is 18.2 Å². The van der Waals surface area contributed by atoms with Gasteiger partial charge in [0.1, 0.15) is 17.2 Å². The molecule has 1 fully saturated rings. The molecule has 8 nitrogen and oxygen atoms in total. The molecule has 1 unspecified atom stereocenters. The van der Waals surface area contributed by atoms with Crippen molar-refractivity contribution in [2.45, 2.75) is 38.8 Å². The number of ether oxygens (including phenoxy) is 1. The Morgan fingerprint density at radius 2 is 1.97 bits per heavy atom. The molecule has 2 aliphatic heterocycles. The number of nitrogens with zero attached hydrogens (tertiary/aromatic N) is 2. The molecule has 1 aromatic carbocycles. The summed E-state index contributed by atoms with van der Waals surface area (Å²) in [6, 6.07) is 3.43. The Bertz CT molecular complexity index is 898. The van der Waals surface area contributed by atoms with Crippen molar-refractivity contribution in [2.24, 2.45) is 0 Å². The summed E-state index contributed by atoms with van der Waals surface area (Å²) in [6.45, 7) is 9.80. The van der Waals surface area contributed by atoms with Crippen molar-refractivity contribution >= 4 is 40.7 Å². The number of carbonyl (C=O) groups is 1. The lowest BCUT2D eigenvalue weighted by Crippen LogP contribution is -2.49. The SMILES string of the molecule is CCS(=O)(=O)N(CC(=O)NCCN1CCNCC1)C1CC(C)(C)Oc2ccc(F)cc21.Cl.Cl. The molecule has 2 N–H and O–H groups in total. The van der Waals surface area contributed by atoms with Crippen LogP contribution in [0.3, 0.4) is 0 Å². The summed E-state index contributed by atoms with van der Waals surface area (Å²) in [7, 11) is -3.73. The molecular formula is C21H35Cl2FN4O4S. The van der Waals surface area contributed by atoms with E-state index in [-0.39, 0.29) is 43.0 Å². The van der Waals surface area contributed by atoms with Crippen LogP contribution < -0.4 is 15.4 Å². The van der Waals surface area contributed by atoms with E-state index in [0.717, 1.165) is 26.2 Å². The van der Waals surface area contributed by atoms with Crippen LogP contribution in [0.4, 0.5) is 4.39 Å². The van der Waals surface area contributed by atoms with Gasteiger partial charge in [0.25, 0.3) is 0 Å². The molecule has 0 radical (unpaired) electrons. The molecule has 0 spiro atoms. The Balaban J connectivity index is 0.00000272. The molecule has 2 aliphatic rings. The van der Waals surface area contributed by atoms with Crippen LogP contribution in [0.25, 0.3) is 0 Å². The fourth-order valence-corrected chi connectivity index (χ4v) is 5.32. The quantitative estimate of drug-likeness (QED) is 0.535. The Labute approximate surface area is 208 Å². The van der Waals surface area contributed by atoms with E-state index in [0.29, 0.717) is 30.8 Å². The molecule has 1 atom stereocenters. The van der Waals surface area contributed by atoms with E-state index in [1.165, 1.54) is 22.5 Å². The first-order valence-electron chi connectivity index (χ1n) is 10.8. The number of carbonyl (C=O) groups excluding carboxylic acids is 1. The van der Waals surface area contributed by atoms with Crippen molar-refractivity contribution in [2.75, 3.05) is 51.6 Å². The monoisotopic (exact) mass is 528 g/mol. The smallest absolute Gasteiger partial charge is 0.235 e. The number of piperazine rings is 1. The minimum absolute atomic E-state index is 0. The third-order valence-corrected chi connectivity index (χ3v) is 7.56. The summed E-state index contributed by atoms with van der Waals surface area (Å²) in [5, 5.41) is 6.12. The second-order valence-corrected chi connectivity index (χ2v) is 10.9. The summed E-state index contributed by atoms with van der Waals surface area (Å²) < 4.78 is 47.1. The second kappa shape index (κ2) is 12.5. The number of benzene rings is 1. The molecular weight excluding hydrogens is 494 g/mol. The summed E-state index contributed by atoms with van der Waals surface area (Å²) in [5.74, 6) is -0.544. The highest BCUT2D eigenvalue weighted by Gasteiger charge is 2.41. The van der Waals surface area contributed by atoms with Gasteiger partial charge >= 0.3 is 0 Å². The van der Waals surface area contributed by atoms with Crippen molar-refractivity contribution in [1.82, 2.24) is 19.8 Å². The molecule has 0 aliphatic carbocycles. The molecule has 1 amide bonds. The van der Waals surface area contributed by atoms with E-state index in [4.69, 9.17) is 4.74 Å². The molecule has 0 saturated carbocycles. The predicted molar refractivity (Wildman–Crippen MR) is 131 cm³/mol. The van der Waals surface area contributed by atoms with Crippen LogP contribution in [0.2, 0.25) is 0 Å². The first kappa shape index (κ1) is 29.9. The number of nitrogens with one attached hydrogen (secondary N) is 2. The van der Waals surface area contributed by atoms with Crippen molar-refractivity contribution in [1.29, 1.82) is 0 Å². The normalized spacial score (nSPS) is 20.1. The van der Waals surface area contributed by atoms with Gasteiger partial charge in [-0.25, -0.2) is 12.8 Å². The maximum Gasteiger partial charge on any atom is 0.235 e. The van der Waals surface area contributed by atoms with Crippen LogP contribution >= 0.6 is 24.8 Å². The predicted octanol–water partition coefficient (Wildman–Crippen LogP) is 1.94. The highest BCUT2D eigenvalue weighted by molar-refractivity contribution is 7.89. The van der Waals surface area contributed by atoms with E-state index >= 15 is 0 Å². The Morgan fingerprint density at radius 1 is 1.30 bits per heavy atom. The van der Waals surface area contributed by atoms with Crippen LogP contribution in [0, 0.1) is 5.82 Å². The molecule has 12 heteroatoms. The van der Waals surface area contributed by atoms with E-state index < -0.39 is 27.5 Å². The largest absolute Gasteiger partial charge is 0.487 e. The number of amides is 1. The van der Waals surface area contributed by atoms with Crippen LogP contribution in [0.5, 0.6) is 5.75 Å². The molecule has 190 valence electrons. The highest BCUT2D eigenvalue weighted by Crippen LogP contribution is 2.43. The number of hydrogen-bond donors (Lipinski definition) is 2. The molecule has 0 bridgehead atoms. The zero-order chi connectivity index (χ0) is 22.6.